The number of carboxylic acid groups (broad SMARTS) is 1. The van der Waals surface area contributed by atoms with Gasteiger partial charge in [0.1, 0.15) is 11.7 Å². The number of carbonyl (C=O) groups excluding carboxylic acids is 1. The van der Waals surface area contributed by atoms with Crippen molar-refractivity contribution in [3.05, 3.63) is 23.0 Å². The molecule has 0 saturated carbocycles. The van der Waals surface area contributed by atoms with Crippen molar-refractivity contribution >= 4 is 23.1 Å². The lowest BCUT2D eigenvalue weighted by Crippen LogP contribution is -2.49. The molecule has 1 saturated heterocycles. The van der Waals surface area contributed by atoms with Crippen LogP contribution in [0, 0.1) is 11.7 Å². The number of halogens is 1. The lowest BCUT2D eigenvalue weighted by molar-refractivity contribution is -0.139. The molecule has 2 N–H and O–H groups in total. The van der Waals surface area contributed by atoms with Gasteiger partial charge in [0.2, 0.25) is 0 Å². The summed E-state index contributed by atoms with van der Waals surface area (Å²) >= 11 is 0. The number of Topliss-reactive ketones (excluding diaryl/α,β-unsaturated/α-hetero) is 1. The van der Waals surface area contributed by atoms with Gasteiger partial charge in [-0.25, -0.2) is 4.39 Å². The van der Waals surface area contributed by atoms with Crippen LogP contribution in [0.2, 0.25) is 0 Å². The van der Waals surface area contributed by atoms with E-state index in [1.54, 1.807) is 0 Å². The van der Waals surface area contributed by atoms with E-state index in [0.717, 1.165) is 12.0 Å². The topological polar surface area (TPSA) is 81.1 Å². The molecule has 0 aliphatic carbocycles. The van der Waals surface area contributed by atoms with Gasteiger partial charge in [-0.2, -0.15) is 0 Å². The van der Waals surface area contributed by atoms with E-state index in [-0.39, 0.29) is 24.3 Å². The molecule has 6 nitrogen and oxygen atoms in total. The summed E-state index contributed by atoms with van der Waals surface area (Å²) in [7, 11) is 0. The van der Waals surface area contributed by atoms with Gasteiger partial charge >= 0.3 is 5.97 Å². The van der Waals surface area contributed by atoms with E-state index in [1.165, 1.54) is 6.07 Å². The molecule has 2 atom stereocenters. The maximum absolute atomic E-state index is 15.0. The smallest absolute Gasteiger partial charge is 0.316 e. The van der Waals surface area contributed by atoms with Gasteiger partial charge in [-0.1, -0.05) is 0 Å². The molecule has 0 spiro atoms. The van der Waals surface area contributed by atoms with Crippen molar-refractivity contribution in [1.29, 1.82) is 0 Å². The standard InChI is InChI=1S/C19H23FN2O4/c1-10-2-3-12-16-13(18(24)14(19(25)26)9-22(10)16)8-15(20)17(12)21-6-4-11(23)5-7-21/h8,10-11,14,23H,2-7,9H2,1H3,(H,25,26). The third-order valence-electron chi connectivity index (χ3n) is 6.00. The SMILES string of the molecule is CC1CCc2c(N3CCC(O)CC3)c(F)cc3c2N1CC(C(=O)O)C3=O. The minimum Gasteiger partial charge on any atom is -0.481 e. The normalized spacial score (nSPS) is 26.0. The predicted molar refractivity (Wildman–Crippen MR) is 94.4 cm³/mol. The molecule has 26 heavy (non-hydrogen) atoms. The van der Waals surface area contributed by atoms with Gasteiger partial charge in [0.05, 0.1) is 17.5 Å². The first-order valence-electron chi connectivity index (χ1n) is 9.20. The number of ketones is 1. The van der Waals surface area contributed by atoms with E-state index >= 15 is 4.39 Å². The van der Waals surface area contributed by atoms with Crippen LogP contribution >= 0.6 is 0 Å². The van der Waals surface area contributed by atoms with Gasteiger partial charge in [0.15, 0.2) is 5.78 Å². The summed E-state index contributed by atoms with van der Waals surface area (Å²) in [5, 5.41) is 19.1. The summed E-state index contributed by atoms with van der Waals surface area (Å²) in [6.07, 6.45) is 2.29. The molecule has 140 valence electrons. The second-order valence-corrected chi connectivity index (χ2v) is 7.60. The molecule has 7 heteroatoms. The highest BCUT2D eigenvalue weighted by molar-refractivity contribution is 6.14. The molecule has 0 amide bonds. The van der Waals surface area contributed by atoms with Crippen LogP contribution < -0.4 is 9.80 Å². The quantitative estimate of drug-likeness (QED) is 0.781. The van der Waals surface area contributed by atoms with Crippen LogP contribution in [0.15, 0.2) is 6.07 Å². The lowest BCUT2D eigenvalue weighted by Gasteiger charge is -2.44. The fraction of sp³-hybridized carbons (Fsp3) is 0.579. The number of benzene rings is 1. The molecule has 1 fully saturated rings. The van der Waals surface area contributed by atoms with Crippen LogP contribution in [-0.4, -0.2) is 53.7 Å². The highest BCUT2D eigenvalue weighted by Crippen LogP contribution is 2.45. The second-order valence-electron chi connectivity index (χ2n) is 7.60. The van der Waals surface area contributed by atoms with Crippen LogP contribution in [-0.2, 0) is 11.2 Å². The van der Waals surface area contributed by atoms with Crippen molar-refractivity contribution in [2.75, 3.05) is 29.4 Å². The van der Waals surface area contributed by atoms with E-state index in [1.807, 2.05) is 16.7 Å². The number of nitrogens with zero attached hydrogens (tertiary/aromatic N) is 2. The highest BCUT2D eigenvalue weighted by Gasteiger charge is 2.43. The second kappa shape index (κ2) is 6.23. The molecule has 3 aliphatic heterocycles. The van der Waals surface area contributed by atoms with E-state index in [4.69, 9.17) is 0 Å². The summed E-state index contributed by atoms with van der Waals surface area (Å²) in [6, 6.07) is 1.33. The molecule has 3 heterocycles. The molecule has 1 aromatic rings. The number of rotatable bonds is 2. The van der Waals surface area contributed by atoms with Crippen molar-refractivity contribution in [3.8, 4) is 0 Å². The largest absolute Gasteiger partial charge is 0.481 e. The Morgan fingerprint density at radius 3 is 2.58 bits per heavy atom. The molecule has 4 rings (SSSR count). The maximum atomic E-state index is 15.0. The number of hydrogen-bond acceptors (Lipinski definition) is 5. The summed E-state index contributed by atoms with van der Waals surface area (Å²) in [4.78, 5) is 28.1. The molecule has 2 unspecified atom stereocenters. The Kier molecular flexibility index (Phi) is 4.14. The fourth-order valence-electron chi connectivity index (χ4n) is 4.52. The van der Waals surface area contributed by atoms with Crippen LogP contribution in [0.1, 0.15) is 42.1 Å². The summed E-state index contributed by atoms with van der Waals surface area (Å²) in [5.74, 6) is -3.27. The Morgan fingerprint density at radius 1 is 1.23 bits per heavy atom. The first-order valence-corrected chi connectivity index (χ1v) is 9.20. The minimum atomic E-state index is -1.16. The van der Waals surface area contributed by atoms with Crippen LogP contribution in [0.5, 0.6) is 0 Å². The number of anilines is 2. The molecule has 0 aromatic heterocycles. The molecular weight excluding hydrogens is 339 g/mol. The number of carbonyl (C=O) groups is 2. The van der Waals surface area contributed by atoms with Gasteiger partial charge < -0.3 is 20.0 Å². The van der Waals surface area contributed by atoms with Crippen LogP contribution in [0.4, 0.5) is 15.8 Å². The van der Waals surface area contributed by atoms with Gasteiger partial charge in [-0.15, -0.1) is 0 Å². The van der Waals surface area contributed by atoms with Crippen LogP contribution in [0.25, 0.3) is 0 Å². The molecule has 0 radical (unpaired) electrons. The van der Waals surface area contributed by atoms with Gasteiger partial charge in [-0.3, -0.25) is 9.59 Å². The zero-order valence-electron chi connectivity index (χ0n) is 14.7. The van der Waals surface area contributed by atoms with Gasteiger partial charge in [0, 0.05) is 36.8 Å². The first-order chi connectivity index (χ1) is 12.4. The molecule has 1 aromatic carbocycles. The average Bonchev–Trinajstić information content (AvgIpc) is 2.60. The van der Waals surface area contributed by atoms with E-state index in [9.17, 15) is 19.8 Å². The Balaban J connectivity index is 1.85. The van der Waals surface area contributed by atoms with E-state index < -0.39 is 23.5 Å². The molecule has 0 bridgehead atoms. The summed E-state index contributed by atoms with van der Waals surface area (Å²) in [6.45, 7) is 3.30. The number of hydrogen-bond donors (Lipinski definition) is 2. The van der Waals surface area contributed by atoms with Crippen molar-refractivity contribution in [1.82, 2.24) is 0 Å². The Morgan fingerprint density at radius 2 is 1.92 bits per heavy atom. The Hall–Kier alpha value is -2.15. The number of aliphatic hydroxyl groups excluding tert-OH is 1. The number of aliphatic hydroxyl groups is 1. The zero-order chi connectivity index (χ0) is 18.6. The number of aliphatic carboxylic acids is 1. The Labute approximate surface area is 151 Å². The van der Waals surface area contributed by atoms with E-state index in [0.29, 0.717) is 43.7 Å². The van der Waals surface area contributed by atoms with Crippen molar-refractivity contribution < 1.29 is 24.2 Å². The third-order valence-corrected chi connectivity index (χ3v) is 6.00. The van der Waals surface area contributed by atoms with Crippen molar-refractivity contribution in [3.63, 3.8) is 0 Å². The van der Waals surface area contributed by atoms with Gasteiger partial charge in [-0.05, 0) is 38.7 Å². The first kappa shape index (κ1) is 17.3. The zero-order valence-corrected chi connectivity index (χ0v) is 14.7. The van der Waals surface area contributed by atoms with Crippen molar-refractivity contribution in [2.24, 2.45) is 5.92 Å². The molecular formula is C19H23FN2O4. The molecule has 3 aliphatic rings. The minimum absolute atomic E-state index is 0.109. The lowest BCUT2D eigenvalue weighted by atomic mass is 9.82. The summed E-state index contributed by atoms with van der Waals surface area (Å²) < 4.78 is 15.0. The third kappa shape index (κ3) is 2.57. The summed E-state index contributed by atoms with van der Waals surface area (Å²) in [5.41, 5.74) is 2.25. The Bertz CT molecular complexity index is 773. The monoisotopic (exact) mass is 362 g/mol. The van der Waals surface area contributed by atoms with Crippen LogP contribution in [0.3, 0.4) is 0 Å². The fourth-order valence-corrected chi connectivity index (χ4v) is 4.52. The van der Waals surface area contributed by atoms with E-state index in [2.05, 4.69) is 0 Å². The van der Waals surface area contributed by atoms with Gasteiger partial charge in [0.25, 0.3) is 0 Å². The highest BCUT2D eigenvalue weighted by atomic mass is 19.1. The average molecular weight is 362 g/mol. The number of carboxylic acids is 1. The maximum Gasteiger partial charge on any atom is 0.316 e. The predicted octanol–water partition coefficient (Wildman–Crippen LogP) is 1.83. The van der Waals surface area contributed by atoms with Crippen molar-refractivity contribution in [2.45, 2.75) is 44.8 Å². The number of piperidine rings is 1.